The van der Waals surface area contributed by atoms with E-state index in [1.165, 1.54) is 6.42 Å². The molecule has 3 aromatic rings. The van der Waals surface area contributed by atoms with Crippen molar-refractivity contribution in [2.45, 2.75) is 84.5 Å². The molecular weight excluding hydrogens is 508 g/mol. The van der Waals surface area contributed by atoms with Crippen molar-refractivity contribution < 1.29 is 9.59 Å². The van der Waals surface area contributed by atoms with Gasteiger partial charge in [-0.15, -0.1) is 0 Å². The first-order chi connectivity index (χ1) is 18.9. The lowest BCUT2D eigenvalue weighted by Gasteiger charge is -2.37. The predicted molar refractivity (Wildman–Crippen MR) is 159 cm³/mol. The first kappa shape index (κ1) is 28.8. The van der Waals surface area contributed by atoms with Crippen molar-refractivity contribution in [3.63, 3.8) is 0 Å². The molecule has 0 spiro atoms. The van der Waals surface area contributed by atoms with Gasteiger partial charge in [0.15, 0.2) is 0 Å². The number of nitrogens with zero attached hydrogens (tertiary/aromatic N) is 3. The second kappa shape index (κ2) is 13.7. The highest BCUT2D eigenvalue weighted by atomic mass is 35.5. The van der Waals surface area contributed by atoms with Crippen LogP contribution in [0.5, 0.6) is 0 Å². The lowest BCUT2D eigenvalue weighted by Crippen LogP contribution is -2.50. The molecule has 0 aliphatic heterocycles. The molecule has 1 aliphatic carbocycles. The van der Waals surface area contributed by atoms with Crippen LogP contribution in [0.3, 0.4) is 0 Å². The van der Waals surface area contributed by atoms with Crippen molar-refractivity contribution in [3.05, 3.63) is 88.7 Å². The average molecular weight is 549 g/mol. The summed E-state index contributed by atoms with van der Waals surface area (Å²) in [4.78, 5) is 31.1. The second-order valence-corrected chi connectivity index (χ2v) is 11.1. The van der Waals surface area contributed by atoms with E-state index in [9.17, 15) is 9.59 Å². The summed E-state index contributed by atoms with van der Waals surface area (Å²) in [6.45, 7) is 7.26. The Labute approximate surface area is 237 Å². The Morgan fingerprint density at radius 1 is 1.03 bits per heavy atom. The van der Waals surface area contributed by atoms with E-state index in [0.29, 0.717) is 13.1 Å². The number of urea groups is 1. The van der Waals surface area contributed by atoms with Gasteiger partial charge in [0.05, 0.1) is 6.54 Å². The third-order valence-corrected chi connectivity index (χ3v) is 8.25. The number of carbonyl (C=O) groups excluding carboxylic acids is 2. The van der Waals surface area contributed by atoms with Gasteiger partial charge in [-0.2, -0.15) is 0 Å². The van der Waals surface area contributed by atoms with E-state index < -0.39 is 0 Å². The summed E-state index contributed by atoms with van der Waals surface area (Å²) in [6, 6.07) is 19.6. The van der Waals surface area contributed by atoms with Crippen molar-refractivity contribution in [1.29, 1.82) is 0 Å². The van der Waals surface area contributed by atoms with E-state index in [2.05, 4.69) is 16.0 Å². The molecule has 1 fully saturated rings. The Hall–Kier alpha value is -3.25. The monoisotopic (exact) mass is 548 g/mol. The molecule has 1 heterocycles. The highest BCUT2D eigenvalue weighted by molar-refractivity contribution is 6.31. The number of nitrogens with one attached hydrogen (secondary N) is 1. The molecule has 0 saturated heterocycles. The van der Waals surface area contributed by atoms with Gasteiger partial charge in [0.25, 0.3) is 0 Å². The molecule has 4 rings (SSSR count). The van der Waals surface area contributed by atoms with Crippen LogP contribution in [0.4, 0.5) is 10.5 Å². The maximum absolute atomic E-state index is 14.0. The molecule has 6 nitrogen and oxygen atoms in total. The Kier molecular flexibility index (Phi) is 10.1. The summed E-state index contributed by atoms with van der Waals surface area (Å²) in [5.41, 5.74) is 3.97. The van der Waals surface area contributed by atoms with Gasteiger partial charge >= 0.3 is 6.03 Å². The zero-order chi connectivity index (χ0) is 27.8. The lowest BCUT2D eigenvalue weighted by atomic mass is 9.94. The molecule has 1 atom stereocenters. The molecule has 1 unspecified atom stereocenters. The van der Waals surface area contributed by atoms with E-state index in [4.69, 9.17) is 11.6 Å². The quantitative estimate of drug-likeness (QED) is 0.285. The summed E-state index contributed by atoms with van der Waals surface area (Å²) in [6.07, 6.45) is 8.25. The van der Waals surface area contributed by atoms with E-state index in [0.717, 1.165) is 59.6 Å². The Bertz CT molecular complexity index is 1230. The highest BCUT2D eigenvalue weighted by Crippen LogP contribution is 2.26. The number of carbonyl (C=O) groups is 2. The molecule has 1 aromatic heterocycles. The highest BCUT2D eigenvalue weighted by Gasteiger charge is 2.30. The van der Waals surface area contributed by atoms with Crippen LogP contribution >= 0.6 is 11.6 Å². The number of anilines is 1. The molecule has 3 amide bonds. The lowest BCUT2D eigenvalue weighted by molar-refractivity contribution is -0.136. The minimum Gasteiger partial charge on any atom is -0.345 e. The fourth-order valence-corrected chi connectivity index (χ4v) is 5.46. The zero-order valence-electron chi connectivity index (χ0n) is 23.4. The van der Waals surface area contributed by atoms with Crippen LogP contribution in [-0.4, -0.2) is 44.9 Å². The summed E-state index contributed by atoms with van der Waals surface area (Å²) < 4.78 is 2.17. The normalized spacial score (nSPS) is 14.6. The van der Waals surface area contributed by atoms with Crippen LogP contribution in [-0.2, 0) is 17.9 Å². The minimum absolute atomic E-state index is 0.00764. The van der Waals surface area contributed by atoms with Gasteiger partial charge in [-0.1, -0.05) is 73.7 Å². The molecule has 208 valence electrons. The van der Waals surface area contributed by atoms with Gasteiger partial charge in [-0.3, -0.25) is 4.79 Å². The predicted octanol–water partition coefficient (Wildman–Crippen LogP) is 7.49. The number of aromatic nitrogens is 1. The maximum Gasteiger partial charge on any atom is 0.322 e. The van der Waals surface area contributed by atoms with Crippen LogP contribution in [0.1, 0.15) is 69.2 Å². The summed E-state index contributed by atoms with van der Waals surface area (Å²) in [5, 5.41) is 3.73. The SMILES string of the molecule is CCC(C)N(CC(=O)N(Cc1cccn1Cc1ccccc1Cl)C1CCCCC1)C(=O)Nc1ccc(C)cc1. The number of rotatable bonds is 10. The number of halogens is 1. The third-order valence-electron chi connectivity index (χ3n) is 7.88. The number of aryl methyl sites for hydroxylation is 1. The number of hydrogen-bond donors (Lipinski definition) is 1. The second-order valence-electron chi connectivity index (χ2n) is 10.7. The smallest absolute Gasteiger partial charge is 0.322 e. The summed E-state index contributed by atoms with van der Waals surface area (Å²) in [7, 11) is 0. The van der Waals surface area contributed by atoms with Gasteiger partial charge in [0.2, 0.25) is 5.91 Å². The molecular formula is C32H41ClN4O2. The van der Waals surface area contributed by atoms with Gasteiger partial charge in [0.1, 0.15) is 6.54 Å². The Morgan fingerprint density at radius 2 is 1.74 bits per heavy atom. The maximum atomic E-state index is 14.0. The largest absolute Gasteiger partial charge is 0.345 e. The van der Waals surface area contributed by atoms with Gasteiger partial charge in [-0.25, -0.2) is 4.79 Å². The first-order valence-electron chi connectivity index (χ1n) is 14.2. The molecule has 1 N–H and O–H groups in total. The summed E-state index contributed by atoms with van der Waals surface area (Å²) >= 11 is 6.45. The molecule has 1 saturated carbocycles. The van der Waals surface area contributed by atoms with E-state index in [-0.39, 0.29) is 30.6 Å². The van der Waals surface area contributed by atoms with Crippen LogP contribution in [0.2, 0.25) is 5.02 Å². The fourth-order valence-electron chi connectivity index (χ4n) is 5.26. The number of benzene rings is 2. The molecule has 1 aliphatic rings. The standard InChI is InChI=1S/C32H41ClN4O2/c1-4-25(3)36(32(39)34-27-18-16-24(2)17-19-27)23-31(38)37(28-12-6-5-7-13-28)22-29-14-10-20-35(29)21-26-11-8-9-15-30(26)33/h8-11,14-20,25,28H,4-7,12-13,21-23H2,1-3H3,(H,34,39). The van der Waals surface area contributed by atoms with Crippen LogP contribution in [0, 0.1) is 6.92 Å². The minimum atomic E-state index is -0.243. The van der Waals surface area contributed by atoms with E-state index in [1.807, 2.05) is 86.5 Å². The first-order valence-corrected chi connectivity index (χ1v) is 14.5. The van der Waals surface area contributed by atoms with E-state index >= 15 is 0 Å². The number of amides is 3. The van der Waals surface area contributed by atoms with Crippen LogP contribution in [0.25, 0.3) is 0 Å². The molecule has 0 radical (unpaired) electrons. The molecule has 39 heavy (non-hydrogen) atoms. The van der Waals surface area contributed by atoms with Crippen molar-refractivity contribution in [3.8, 4) is 0 Å². The average Bonchev–Trinajstić information content (AvgIpc) is 3.39. The van der Waals surface area contributed by atoms with Gasteiger partial charge < -0.3 is 19.7 Å². The zero-order valence-corrected chi connectivity index (χ0v) is 24.2. The van der Waals surface area contributed by atoms with Crippen molar-refractivity contribution in [2.75, 3.05) is 11.9 Å². The molecule has 0 bridgehead atoms. The summed E-state index contributed by atoms with van der Waals surface area (Å²) in [5.74, 6) is -0.00764. The topological polar surface area (TPSA) is 57.6 Å². The van der Waals surface area contributed by atoms with E-state index in [1.54, 1.807) is 4.90 Å². The van der Waals surface area contributed by atoms with Crippen LogP contribution in [0.15, 0.2) is 66.9 Å². The van der Waals surface area contributed by atoms with Gasteiger partial charge in [-0.05, 0) is 69.0 Å². The molecule has 7 heteroatoms. The van der Waals surface area contributed by atoms with Gasteiger partial charge in [0, 0.05) is 41.2 Å². The number of hydrogen-bond acceptors (Lipinski definition) is 2. The van der Waals surface area contributed by atoms with Crippen molar-refractivity contribution in [1.82, 2.24) is 14.4 Å². The van der Waals surface area contributed by atoms with Crippen molar-refractivity contribution in [2.24, 2.45) is 0 Å². The van der Waals surface area contributed by atoms with Crippen LogP contribution < -0.4 is 5.32 Å². The van der Waals surface area contributed by atoms with Crippen molar-refractivity contribution >= 4 is 29.2 Å². The fraction of sp³-hybridized carbons (Fsp3) is 0.438. The Balaban J connectivity index is 1.53. The Morgan fingerprint density at radius 3 is 2.44 bits per heavy atom. The molecule has 2 aromatic carbocycles. The third kappa shape index (κ3) is 7.66.